The maximum Gasteiger partial charge on any atom is 0.257 e. The van der Waals surface area contributed by atoms with Crippen LogP contribution in [-0.4, -0.2) is 57.8 Å². The maximum absolute atomic E-state index is 12.7. The Morgan fingerprint density at radius 3 is 2.52 bits per heavy atom. The zero-order chi connectivity index (χ0) is 20.2. The van der Waals surface area contributed by atoms with Gasteiger partial charge in [0.1, 0.15) is 12.7 Å². The van der Waals surface area contributed by atoms with Gasteiger partial charge in [-0.3, -0.25) is 14.2 Å². The number of hydrogen-bond acceptors (Lipinski definition) is 5. The largest absolute Gasteiger partial charge is 0.378 e. The van der Waals surface area contributed by atoms with Crippen LogP contribution in [0, 0.1) is 0 Å². The second kappa shape index (κ2) is 8.42. The zero-order valence-electron chi connectivity index (χ0n) is 15.4. The number of nitrogens with zero attached hydrogens (tertiary/aromatic N) is 4. The number of carbonyl (C=O) groups is 2. The van der Waals surface area contributed by atoms with Gasteiger partial charge in [0.15, 0.2) is 0 Å². The molecule has 2 aromatic carbocycles. The predicted octanol–water partition coefficient (Wildman–Crippen LogP) is 2.65. The fourth-order valence-electron chi connectivity index (χ4n) is 3.06. The van der Waals surface area contributed by atoms with Crippen LogP contribution in [0.1, 0.15) is 20.7 Å². The van der Waals surface area contributed by atoms with Crippen LogP contribution >= 0.6 is 11.6 Å². The fourth-order valence-corrected chi connectivity index (χ4v) is 3.32. The minimum absolute atomic E-state index is 0.0827. The number of nitrogens with one attached hydrogen (secondary N) is 1. The second-order valence-electron chi connectivity index (χ2n) is 6.47. The van der Waals surface area contributed by atoms with Gasteiger partial charge in [-0.2, -0.15) is 0 Å². The number of amides is 2. The van der Waals surface area contributed by atoms with Gasteiger partial charge in [0.05, 0.1) is 23.8 Å². The minimum atomic E-state index is -0.360. The molecule has 0 unspecified atom stereocenters. The average molecular weight is 412 g/mol. The summed E-state index contributed by atoms with van der Waals surface area (Å²) in [5.41, 5.74) is 2.11. The van der Waals surface area contributed by atoms with Crippen molar-refractivity contribution < 1.29 is 14.3 Å². The molecule has 2 heterocycles. The van der Waals surface area contributed by atoms with Gasteiger partial charge in [0.2, 0.25) is 0 Å². The Morgan fingerprint density at radius 2 is 1.79 bits per heavy atom. The molecule has 0 saturated carbocycles. The van der Waals surface area contributed by atoms with E-state index in [9.17, 15) is 9.59 Å². The number of anilines is 1. The molecule has 1 aromatic heterocycles. The Morgan fingerprint density at radius 1 is 1.03 bits per heavy atom. The van der Waals surface area contributed by atoms with Crippen molar-refractivity contribution in [1.82, 2.24) is 19.7 Å². The van der Waals surface area contributed by atoms with Crippen LogP contribution in [0.2, 0.25) is 5.02 Å². The average Bonchev–Trinajstić information content (AvgIpc) is 3.29. The summed E-state index contributed by atoms with van der Waals surface area (Å²) < 4.78 is 6.97. The van der Waals surface area contributed by atoms with Gasteiger partial charge in [0, 0.05) is 30.0 Å². The molecule has 0 aliphatic carbocycles. The van der Waals surface area contributed by atoms with Crippen molar-refractivity contribution >= 4 is 29.1 Å². The topological polar surface area (TPSA) is 89.4 Å². The van der Waals surface area contributed by atoms with E-state index in [1.54, 1.807) is 64.6 Å². The molecular formula is C20H18ClN5O3. The minimum Gasteiger partial charge on any atom is -0.378 e. The van der Waals surface area contributed by atoms with Gasteiger partial charge >= 0.3 is 0 Å². The molecular weight excluding hydrogens is 394 g/mol. The number of carbonyl (C=O) groups excluding carboxylic acids is 2. The van der Waals surface area contributed by atoms with Crippen LogP contribution in [0.4, 0.5) is 5.69 Å². The zero-order valence-corrected chi connectivity index (χ0v) is 16.2. The van der Waals surface area contributed by atoms with E-state index in [0.29, 0.717) is 48.1 Å². The highest BCUT2D eigenvalue weighted by molar-refractivity contribution is 6.34. The first-order valence-corrected chi connectivity index (χ1v) is 9.42. The highest BCUT2D eigenvalue weighted by atomic mass is 35.5. The lowest BCUT2D eigenvalue weighted by atomic mass is 10.1. The SMILES string of the molecule is O=C(Nc1cccc(C(=O)N2CCOCC2)c1)c1ccc(-n2cnnc2)cc1Cl. The number of halogens is 1. The van der Waals surface area contributed by atoms with Gasteiger partial charge in [-0.1, -0.05) is 17.7 Å². The quantitative estimate of drug-likeness (QED) is 0.712. The van der Waals surface area contributed by atoms with Crippen LogP contribution in [0.25, 0.3) is 5.69 Å². The first-order chi connectivity index (χ1) is 14.1. The molecule has 8 nitrogen and oxygen atoms in total. The lowest BCUT2D eigenvalue weighted by Gasteiger charge is -2.27. The van der Waals surface area contributed by atoms with Gasteiger partial charge < -0.3 is 15.0 Å². The summed E-state index contributed by atoms with van der Waals surface area (Å²) in [5, 5.41) is 10.6. The molecule has 1 fully saturated rings. The fraction of sp³-hybridized carbons (Fsp3) is 0.200. The molecule has 2 amide bonds. The van der Waals surface area contributed by atoms with Crippen molar-refractivity contribution in [2.45, 2.75) is 0 Å². The number of ether oxygens (including phenoxy) is 1. The Balaban J connectivity index is 1.49. The third-order valence-corrected chi connectivity index (χ3v) is 4.89. The van der Waals surface area contributed by atoms with E-state index in [1.807, 2.05) is 0 Å². The number of aromatic nitrogens is 3. The van der Waals surface area contributed by atoms with Gasteiger partial charge in [0.25, 0.3) is 11.8 Å². The van der Waals surface area contributed by atoms with E-state index >= 15 is 0 Å². The van der Waals surface area contributed by atoms with E-state index in [2.05, 4.69) is 15.5 Å². The van der Waals surface area contributed by atoms with E-state index < -0.39 is 0 Å². The van der Waals surface area contributed by atoms with Crippen LogP contribution < -0.4 is 5.32 Å². The monoisotopic (exact) mass is 411 g/mol. The lowest BCUT2D eigenvalue weighted by Crippen LogP contribution is -2.40. The molecule has 1 aliphatic rings. The summed E-state index contributed by atoms with van der Waals surface area (Å²) >= 11 is 6.30. The molecule has 29 heavy (non-hydrogen) atoms. The number of morpholine rings is 1. The smallest absolute Gasteiger partial charge is 0.257 e. The Hall–Kier alpha value is -3.23. The van der Waals surface area contributed by atoms with Gasteiger partial charge in [-0.25, -0.2) is 0 Å². The first-order valence-electron chi connectivity index (χ1n) is 9.05. The van der Waals surface area contributed by atoms with Crippen molar-refractivity contribution in [3.63, 3.8) is 0 Å². The van der Waals surface area contributed by atoms with Crippen molar-refractivity contribution in [2.75, 3.05) is 31.6 Å². The molecule has 0 radical (unpaired) electrons. The van der Waals surface area contributed by atoms with Crippen molar-refractivity contribution in [1.29, 1.82) is 0 Å². The summed E-state index contributed by atoms with van der Waals surface area (Å²) in [6.07, 6.45) is 3.09. The lowest BCUT2D eigenvalue weighted by molar-refractivity contribution is 0.0303. The molecule has 0 bridgehead atoms. The Bertz CT molecular complexity index is 1030. The molecule has 9 heteroatoms. The second-order valence-corrected chi connectivity index (χ2v) is 6.88. The highest BCUT2D eigenvalue weighted by Crippen LogP contribution is 2.22. The highest BCUT2D eigenvalue weighted by Gasteiger charge is 2.19. The van der Waals surface area contributed by atoms with Crippen molar-refractivity contribution in [3.8, 4) is 5.69 Å². The molecule has 3 aromatic rings. The van der Waals surface area contributed by atoms with Gasteiger partial charge in [-0.15, -0.1) is 10.2 Å². The summed E-state index contributed by atoms with van der Waals surface area (Å²) in [4.78, 5) is 27.1. The summed E-state index contributed by atoms with van der Waals surface area (Å²) in [5.74, 6) is -0.443. The molecule has 4 rings (SSSR count). The first kappa shape index (κ1) is 19.1. The number of rotatable bonds is 4. The number of hydrogen-bond donors (Lipinski definition) is 1. The Kier molecular flexibility index (Phi) is 5.55. The van der Waals surface area contributed by atoms with E-state index in [4.69, 9.17) is 16.3 Å². The van der Waals surface area contributed by atoms with Crippen molar-refractivity contribution in [3.05, 3.63) is 71.3 Å². The molecule has 0 spiro atoms. The molecule has 1 aliphatic heterocycles. The normalized spacial score (nSPS) is 13.9. The van der Waals surface area contributed by atoms with Crippen LogP contribution in [-0.2, 0) is 4.74 Å². The van der Waals surface area contributed by atoms with Crippen molar-refractivity contribution in [2.24, 2.45) is 0 Å². The number of benzene rings is 2. The van der Waals surface area contributed by atoms with Crippen LogP contribution in [0.5, 0.6) is 0 Å². The standard InChI is InChI=1S/C20H18ClN5O3/c21-18-11-16(26-12-22-23-13-26)4-5-17(18)19(27)24-15-3-1-2-14(10-15)20(28)25-6-8-29-9-7-25/h1-5,10-13H,6-9H2,(H,24,27). The summed E-state index contributed by atoms with van der Waals surface area (Å²) in [7, 11) is 0. The van der Waals surface area contributed by atoms with Gasteiger partial charge in [-0.05, 0) is 36.4 Å². The van der Waals surface area contributed by atoms with E-state index in [1.165, 1.54) is 0 Å². The summed E-state index contributed by atoms with van der Waals surface area (Å²) in [6.45, 7) is 2.19. The van der Waals surface area contributed by atoms with Crippen LogP contribution in [0.3, 0.4) is 0 Å². The Labute approximate surface area is 172 Å². The van der Waals surface area contributed by atoms with E-state index in [0.717, 1.165) is 5.69 Å². The molecule has 1 N–H and O–H groups in total. The summed E-state index contributed by atoms with van der Waals surface area (Å²) in [6, 6.07) is 11.9. The van der Waals surface area contributed by atoms with Crippen LogP contribution in [0.15, 0.2) is 55.1 Å². The molecule has 0 atom stereocenters. The predicted molar refractivity (Wildman–Crippen MR) is 107 cm³/mol. The molecule has 148 valence electrons. The van der Waals surface area contributed by atoms with E-state index in [-0.39, 0.29) is 11.8 Å². The third kappa shape index (κ3) is 4.28. The molecule has 1 saturated heterocycles. The maximum atomic E-state index is 12.7. The third-order valence-electron chi connectivity index (χ3n) is 4.58.